The number of para-hydroxylation sites is 1. The number of aromatic nitrogens is 4. The molecule has 0 amide bonds. The van der Waals surface area contributed by atoms with Crippen molar-refractivity contribution in [2.45, 2.75) is 26.2 Å². The topological polar surface area (TPSA) is 35.9 Å². The lowest BCUT2D eigenvalue weighted by molar-refractivity contribution is -0.599. The van der Waals surface area contributed by atoms with E-state index in [1.165, 1.54) is 5.56 Å². The van der Waals surface area contributed by atoms with E-state index >= 15 is 0 Å². The maximum Gasteiger partial charge on any atom is 0.269 e. The summed E-state index contributed by atoms with van der Waals surface area (Å²) < 4.78 is 56.4. The Morgan fingerprint density at radius 1 is 0.554 bits per heavy atom. The fraction of sp³-hybridized carbons (Fsp3) is 0.0667. The van der Waals surface area contributed by atoms with Crippen molar-refractivity contribution in [3.63, 3.8) is 0 Å². The van der Waals surface area contributed by atoms with Gasteiger partial charge in [-0.3, -0.25) is 13.7 Å². The minimum atomic E-state index is -0.458. The normalized spacial score (nSPS) is 13.0. The molecule has 0 atom stereocenters. The van der Waals surface area contributed by atoms with E-state index in [2.05, 4.69) is 147 Å². The molecular formula is C60H44N4O. The molecule has 1 aliphatic rings. The van der Waals surface area contributed by atoms with Gasteiger partial charge < -0.3 is 4.74 Å². The van der Waals surface area contributed by atoms with Crippen LogP contribution in [0, 0.1) is 6.33 Å². The number of fused-ring (bicyclic) bond motifs is 11. The third kappa shape index (κ3) is 6.63. The Hall–Kier alpha value is -8.28. The molecule has 1 aliphatic carbocycles. The number of hydrogen-bond donors (Lipinski definition) is 0. The maximum absolute atomic E-state index is 9.10. The molecule has 0 N–H and O–H groups in total. The Morgan fingerprint density at radius 2 is 1.17 bits per heavy atom. The summed E-state index contributed by atoms with van der Waals surface area (Å²) in [6.07, 6.45) is 7.17. The zero-order chi connectivity index (χ0) is 48.0. The van der Waals surface area contributed by atoms with Crippen molar-refractivity contribution in [1.82, 2.24) is 14.1 Å². The lowest BCUT2D eigenvalue weighted by Gasteiger charge is -2.23. The fourth-order valence-electron chi connectivity index (χ4n) is 9.34. The number of imidazole rings is 1. The SMILES string of the molecule is [2H]c1c([2H])c([2H])c(-c2c[n+](-c3ccc4c(c3)-c3ccccc3-c3ccccc3-c3ccccc3-4)[c-]n2-c2cccc(Oc3ccc4c5ccccc5n(-c5cc(C(C)(C)C)ccn5)c4c3)c2)c([2H])c1[2H]. The number of nitrogens with zero attached hydrogens (tertiary/aromatic N) is 4. The monoisotopic (exact) mass is 841 g/mol. The molecule has 0 unspecified atom stereocenters. The van der Waals surface area contributed by atoms with E-state index in [9.17, 15) is 0 Å². The summed E-state index contributed by atoms with van der Waals surface area (Å²) >= 11 is 0. The number of pyridine rings is 1. The fourth-order valence-corrected chi connectivity index (χ4v) is 9.34. The first-order chi connectivity index (χ1) is 33.9. The molecule has 12 rings (SSSR count). The molecule has 0 saturated heterocycles. The summed E-state index contributed by atoms with van der Waals surface area (Å²) in [5, 5.41) is 2.18. The zero-order valence-corrected chi connectivity index (χ0v) is 36.0. The Morgan fingerprint density at radius 3 is 1.86 bits per heavy atom. The molecule has 65 heavy (non-hydrogen) atoms. The summed E-state index contributed by atoms with van der Waals surface area (Å²) in [7, 11) is 0. The summed E-state index contributed by atoms with van der Waals surface area (Å²) in [4.78, 5) is 4.85. The molecule has 0 fully saturated rings. The molecule has 11 aromatic rings. The molecule has 5 nitrogen and oxygen atoms in total. The average molecular weight is 842 g/mol. The molecule has 5 heteroatoms. The van der Waals surface area contributed by atoms with Crippen LogP contribution >= 0.6 is 0 Å². The Bertz CT molecular complexity index is 3900. The summed E-state index contributed by atoms with van der Waals surface area (Å²) in [5.41, 5.74) is 13.7. The van der Waals surface area contributed by atoms with Crippen molar-refractivity contribution in [1.29, 1.82) is 0 Å². The van der Waals surface area contributed by atoms with Crippen LogP contribution in [0.5, 0.6) is 11.5 Å². The lowest BCUT2D eigenvalue weighted by atomic mass is 9.81. The molecule has 0 spiro atoms. The van der Waals surface area contributed by atoms with Crippen LogP contribution < -0.4 is 9.30 Å². The van der Waals surface area contributed by atoms with Crippen LogP contribution in [0.1, 0.15) is 33.2 Å². The zero-order valence-electron chi connectivity index (χ0n) is 41.0. The van der Waals surface area contributed by atoms with Crippen LogP contribution in [0.4, 0.5) is 0 Å². The number of rotatable bonds is 6. The minimum Gasteiger partial charge on any atom is -0.458 e. The first kappa shape index (κ1) is 33.3. The summed E-state index contributed by atoms with van der Waals surface area (Å²) in [6, 6.07) is 56.0. The molecule has 3 aromatic heterocycles. The van der Waals surface area contributed by atoms with Crippen molar-refractivity contribution in [3.05, 3.63) is 224 Å². The van der Waals surface area contributed by atoms with Crippen molar-refractivity contribution in [2.75, 3.05) is 0 Å². The highest BCUT2D eigenvalue weighted by molar-refractivity contribution is 6.09. The van der Waals surface area contributed by atoms with Gasteiger partial charge in [-0.05, 0) is 122 Å². The van der Waals surface area contributed by atoms with Gasteiger partial charge in [0.15, 0.2) is 0 Å². The Labute approximate surface area is 385 Å². The minimum absolute atomic E-state index is 0.0527. The van der Waals surface area contributed by atoms with E-state index in [1.54, 1.807) is 10.8 Å². The smallest absolute Gasteiger partial charge is 0.269 e. The van der Waals surface area contributed by atoms with E-state index in [-0.39, 0.29) is 23.1 Å². The van der Waals surface area contributed by atoms with E-state index in [0.29, 0.717) is 22.9 Å². The van der Waals surface area contributed by atoms with Crippen molar-refractivity contribution in [2.24, 2.45) is 0 Å². The van der Waals surface area contributed by atoms with Gasteiger partial charge in [0.25, 0.3) is 6.33 Å². The van der Waals surface area contributed by atoms with Gasteiger partial charge in [0.2, 0.25) is 0 Å². The van der Waals surface area contributed by atoms with Crippen LogP contribution in [-0.2, 0) is 5.41 Å². The predicted molar refractivity (Wildman–Crippen MR) is 264 cm³/mol. The molecule has 8 aromatic carbocycles. The van der Waals surface area contributed by atoms with Crippen LogP contribution in [0.3, 0.4) is 0 Å². The van der Waals surface area contributed by atoms with Crippen LogP contribution in [0.25, 0.3) is 94.8 Å². The number of benzene rings is 8. The second-order valence-electron chi connectivity index (χ2n) is 17.5. The predicted octanol–water partition coefficient (Wildman–Crippen LogP) is 14.8. The standard InChI is InChI=1S/C60H44N4O/c1-60(2,3)41-32-33-61-59(34-41)64-56-27-14-13-26-53(56)54-31-29-45(37-57(54)64)65-44-19-15-18-43(35-44)63-39-62(38-58(63)40-16-5-4-6-17-40)42-28-30-52-50-24-10-9-22-48(50)46-20-7-8-21-47(46)49-23-11-12-25-51(49)55(52)36-42/h4-38H,1-3H3/i4D,5D,6D,16D,17D. The molecule has 0 radical (unpaired) electrons. The molecule has 0 aliphatic heterocycles. The van der Waals surface area contributed by atoms with Crippen molar-refractivity contribution >= 4 is 21.8 Å². The van der Waals surface area contributed by atoms with Gasteiger partial charge in [-0.2, -0.15) is 0 Å². The quantitative estimate of drug-likeness (QED) is 0.123. The number of ether oxygens (including phenoxy) is 1. The third-order valence-corrected chi connectivity index (χ3v) is 12.5. The van der Waals surface area contributed by atoms with Gasteiger partial charge in [-0.1, -0.05) is 154 Å². The molecule has 3 heterocycles. The summed E-state index contributed by atoms with van der Waals surface area (Å²) in [5.74, 6) is 1.96. The second kappa shape index (κ2) is 15.2. The van der Waals surface area contributed by atoms with E-state index in [0.717, 1.165) is 77.8 Å². The molecule has 310 valence electrons. The van der Waals surface area contributed by atoms with Gasteiger partial charge >= 0.3 is 0 Å². The van der Waals surface area contributed by atoms with Crippen LogP contribution in [-0.4, -0.2) is 14.1 Å². The Balaban J connectivity index is 1.00. The second-order valence-corrected chi connectivity index (χ2v) is 17.5. The third-order valence-electron chi connectivity index (χ3n) is 12.5. The highest BCUT2D eigenvalue weighted by atomic mass is 16.5. The van der Waals surface area contributed by atoms with Crippen LogP contribution in [0.15, 0.2) is 212 Å². The van der Waals surface area contributed by atoms with Gasteiger partial charge in [-0.15, -0.1) is 0 Å². The molecule has 0 bridgehead atoms. The largest absolute Gasteiger partial charge is 0.458 e. The van der Waals surface area contributed by atoms with Gasteiger partial charge in [0.05, 0.1) is 35.0 Å². The van der Waals surface area contributed by atoms with Gasteiger partial charge in [0, 0.05) is 29.2 Å². The van der Waals surface area contributed by atoms with Gasteiger partial charge in [-0.25, -0.2) is 4.98 Å². The van der Waals surface area contributed by atoms with Crippen molar-refractivity contribution < 1.29 is 16.2 Å². The first-order valence-electron chi connectivity index (χ1n) is 24.3. The maximum atomic E-state index is 9.10. The van der Waals surface area contributed by atoms with E-state index in [4.69, 9.17) is 16.6 Å². The molecule has 0 saturated carbocycles. The first-order valence-corrected chi connectivity index (χ1v) is 21.8. The highest BCUT2D eigenvalue weighted by Crippen LogP contribution is 2.48. The van der Waals surface area contributed by atoms with Crippen LogP contribution in [0.2, 0.25) is 0 Å². The molecular weight excluding hydrogens is 793 g/mol. The average Bonchev–Trinajstić information content (AvgIpc) is 3.97. The Kier molecular flexibility index (Phi) is 7.79. The number of hydrogen-bond acceptors (Lipinski definition) is 2. The van der Waals surface area contributed by atoms with Crippen molar-refractivity contribution in [3.8, 4) is 84.5 Å². The summed E-state index contributed by atoms with van der Waals surface area (Å²) in [6.45, 7) is 6.60. The highest BCUT2D eigenvalue weighted by Gasteiger charge is 2.23. The van der Waals surface area contributed by atoms with E-state index in [1.807, 2.05) is 65.4 Å². The lowest BCUT2D eigenvalue weighted by Crippen LogP contribution is -2.28. The van der Waals surface area contributed by atoms with E-state index < -0.39 is 18.1 Å². The van der Waals surface area contributed by atoms with Gasteiger partial charge in [0.1, 0.15) is 17.3 Å².